The molecule has 0 atom stereocenters. The summed E-state index contributed by atoms with van der Waals surface area (Å²) in [5.74, 6) is 0.188. The molecule has 2 nitrogen and oxygen atoms in total. The van der Waals surface area contributed by atoms with Gasteiger partial charge in [0.1, 0.15) is 5.60 Å². The first-order valence-electron chi connectivity index (χ1n) is 6.25. The predicted octanol–water partition coefficient (Wildman–Crippen LogP) is 4.25. The van der Waals surface area contributed by atoms with E-state index in [1.807, 2.05) is 52.0 Å². The number of esters is 1. The Balaban J connectivity index is 2.58. The smallest absolute Gasteiger partial charge is 0.306 e. The first-order chi connectivity index (χ1) is 8.28. The zero-order valence-corrected chi connectivity index (χ0v) is 12.3. The number of hydrogen-bond acceptors (Lipinski definition) is 2. The van der Waals surface area contributed by atoms with Crippen molar-refractivity contribution in [3.8, 4) is 0 Å². The van der Waals surface area contributed by atoms with Gasteiger partial charge in [-0.05, 0) is 37.5 Å². The maximum atomic E-state index is 11.7. The zero-order valence-electron chi connectivity index (χ0n) is 11.5. The summed E-state index contributed by atoms with van der Waals surface area (Å²) in [6, 6.07) is 7.62. The van der Waals surface area contributed by atoms with Crippen molar-refractivity contribution in [2.24, 2.45) is 5.92 Å². The van der Waals surface area contributed by atoms with E-state index < -0.39 is 5.60 Å². The van der Waals surface area contributed by atoms with Crippen molar-refractivity contribution in [2.75, 3.05) is 0 Å². The molecule has 0 saturated heterocycles. The summed E-state index contributed by atoms with van der Waals surface area (Å²) >= 11 is 5.84. The van der Waals surface area contributed by atoms with Crippen LogP contribution in [0.25, 0.3) is 0 Å². The molecular formula is C15H21ClO2. The molecule has 0 radical (unpaired) electrons. The minimum Gasteiger partial charge on any atom is -0.459 e. The number of benzene rings is 1. The largest absolute Gasteiger partial charge is 0.459 e. The van der Waals surface area contributed by atoms with Crippen molar-refractivity contribution < 1.29 is 9.53 Å². The molecule has 0 bridgehead atoms. The zero-order chi connectivity index (χ0) is 13.8. The molecule has 1 rings (SSSR count). The molecule has 0 fully saturated rings. The minimum atomic E-state index is -0.486. The molecule has 0 heterocycles. The van der Waals surface area contributed by atoms with Crippen LogP contribution >= 0.6 is 11.6 Å². The highest BCUT2D eigenvalue weighted by Gasteiger charge is 2.23. The van der Waals surface area contributed by atoms with Crippen molar-refractivity contribution in [3.63, 3.8) is 0 Å². The normalized spacial score (nSPS) is 11.7. The molecular weight excluding hydrogens is 248 g/mol. The quantitative estimate of drug-likeness (QED) is 0.746. The van der Waals surface area contributed by atoms with E-state index in [4.69, 9.17) is 16.3 Å². The summed E-state index contributed by atoms with van der Waals surface area (Å²) in [7, 11) is 0. The van der Waals surface area contributed by atoms with Crippen LogP contribution in [-0.4, -0.2) is 11.6 Å². The van der Waals surface area contributed by atoms with Crippen molar-refractivity contribution in [1.82, 2.24) is 0 Å². The summed E-state index contributed by atoms with van der Waals surface area (Å²) in [5.41, 5.74) is 0.626. The molecule has 0 N–H and O–H groups in total. The van der Waals surface area contributed by atoms with Crippen LogP contribution in [0.3, 0.4) is 0 Å². The predicted molar refractivity (Wildman–Crippen MR) is 74.8 cm³/mol. The number of halogens is 1. The van der Waals surface area contributed by atoms with Crippen LogP contribution in [0.15, 0.2) is 24.3 Å². The van der Waals surface area contributed by atoms with E-state index in [0.29, 0.717) is 23.8 Å². The lowest BCUT2D eigenvalue weighted by molar-refractivity contribution is -0.157. The lowest BCUT2D eigenvalue weighted by atomic mass is 9.98. The van der Waals surface area contributed by atoms with Crippen LogP contribution in [0.5, 0.6) is 0 Å². The minimum absolute atomic E-state index is 0.135. The van der Waals surface area contributed by atoms with Gasteiger partial charge < -0.3 is 4.74 Å². The molecule has 100 valence electrons. The highest BCUT2D eigenvalue weighted by atomic mass is 35.5. The maximum absolute atomic E-state index is 11.7. The molecule has 18 heavy (non-hydrogen) atoms. The van der Waals surface area contributed by atoms with E-state index in [1.165, 1.54) is 0 Å². The van der Waals surface area contributed by atoms with Gasteiger partial charge in [-0.25, -0.2) is 0 Å². The van der Waals surface area contributed by atoms with Crippen LogP contribution in [0.2, 0.25) is 5.02 Å². The maximum Gasteiger partial charge on any atom is 0.306 e. The number of hydrogen-bond donors (Lipinski definition) is 0. The Labute approximate surface area is 114 Å². The van der Waals surface area contributed by atoms with Gasteiger partial charge in [0.05, 0.1) is 0 Å². The molecule has 0 unspecified atom stereocenters. The van der Waals surface area contributed by atoms with Crippen molar-refractivity contribution in [2.45, 2.75) is 46.1 Å². The topological polar surface area (TPSA) is 26.3 Å². The van der Waals surface area contributed by atoms with Gasteiger partial charge in [-0.15, -0.1) is 0 Å². The molecule has 0 spiro atoms. The molecule has 0 aliphatic heterocycles. The molecule has 0 saturated carbocycles. The molecule has 3 heteroatoms. The van der Waals surface area contributed by atoms with Gasteiger partial charge in [-0.1, -0.05) is 37.6 Å². The van der Waals surface area contributed by atoms with Crippen molar-refractivity contribution >= 4 is 17.6 Å². The van der Waals surface area contributed by atoms with Gasteiger partial charge in [0, 0.05) is 17.9 Å². The average Bonchev–Trinajstić information content (AvgIpc) is 2.18. The Morgan fingerprint density at radius 1 is 1.28 bits per heavy atom. The second kappa shape index (κ2) is 6.24. The third-order valence-corrected chi connectivity index (χ3v) is 2.76. The van der Waals surface area contributed by atoms with E-state index in [9.17, 15) is 4.79 Å². The van der Waals surface area contributed by atoms with E-state index in [2.05, 4.69) is 0 Å². The number of carbonyl (C=O) groups excluding carboxylic acids is 1. The first-order valence-corrected chi connectivity index (χ1v) is 6.62. The number of carbonyl (C=O) groups is 1. The average molecular weight is 269 g/mol. The van der Waals surface area contributed by atoms with Crippen LogP contribution in [0, 0.1) is 5.92 Å². The van der Waals surface area contributed by atoms with Gasteiger partial charge in [0.25, 0.3) is 0 Å². The Morgan fingerprint density at radius 3 is 2.33 bits per heavy atom. The summed E-state index contributed by atoms with van der Waals surface area (Å²) in [6.07, 6.45) is 1.15. The molecule has 0 aromatic heterocycles. The van der Waals surface area contributed by atoms with Crippen LogP contribution in [0.4, 0.5) is 0 Å². The van der Waals surface area contributed by atoms with Gasteiger partial charge in [-0.3, -0.25) is 4.79 Å². The standard InChI is InChI=1S/C15H21ClO2/c1-11(2)9-14(17)18-15(3,4)10-12-5-7-13(16)8-6-12/h5-8,11H,9-10H2,1-4H3. The lowest BCUT2D eigenvalue weighted by Crippen LogP contribution is -2.31. The Bertz CT molecular complexity index is 393. The van der Waals surface area contributed by atoms with Gasteiger partial charge in [0.15, 0.2) is 0 Å². The lowest BCUT2D eigenvalue weighted by Gasteiger charge is -2.25. The van der Waals surface area contributed by atoms with Gasteiger partial charge in [-0.2, -0.15) is 0 Å². The summed E-state index contributed by atoms with van der Waals surface area (Å²) in [6.45, 7) is 7.88. The fraction of sp³-hybridized carbons (Fsp3) is 0.533. The summed E-state index contributed by atoms with van der Waals surface area (Å²) in [5, 5.41) is 0.716. The highest BCUT2D eigenvalue weighted by molar-refractivity contribution is 6.30. The SMILES string of the molecule is CC(C)CC(=O)OC(C)(C)Cc1ccc(Cl)cc1. The molecule has 0 amide bonds. The third kappa shape index (κ3) is 5.54. The van der Waals surface area contributed by atoms with E-state index in [-0.39, 0.29) is 5.97 Å². The second-order valence-electron chi connectivity index (χ2n) is 5.63. The van der Waals surface area contributed by atoms with Crippen LogP contribution in [-0.2, 0) is 16.0 Å². The first kappa shape index (κ1) is 15.0. The van der Waals surface area contributed by atoms with E-state index in [0.717, 1.165) is 5.56 Å². The summed E-state index contributed by atoms with van der Waals surface area (Å²) in [4.78, 5) is 11.7. The third-order valence-electron chi connectivity index (χ3n) is 2.51. The van der Waals surface area contributed by atoms with E-state index >= 15 is 0 Å². The Kier molecular flexibility index (Phi) is 5.21. The monoisotopic (exact) mass is 268 g/mol. The number of ether oxygens (including phenoxy) is 1. The Hall–Kier alpha value is -1.02. The van der Waals surface area contributed by atoms with Gasteiger partial charge >= 0.3 is 5.97 Å². The fourth-order valence-electron chi connectivity index (χ4n) is 1.81. The molecule has 1 aromatic carbocycles. The molecule has 0 aliphatic rings. The Morgan fingerprint density at radius 2 is 1.83 bits per heavy atom. The van der Waals surface area contributed by atoms with Crippen LogP contribution in [0.1, 0.15) is 39.7 Å². The summed E-state index contributed by atoms with van der Waals surface area (Å²) < 4.78 is 5.51. The van der Waals surface area contributed by atoms with Crippen molar-refractivity contribution in [3.05, 3.63) is 34.9 Å². The second-order valence-corrected chi connectivity index (χ2v) is 6.07. The van der Waals surface area contributed by atoms with Crippen molar-refractivity contribution in [1.29, 1.82) is 0 Å². The fourth-order valence-corrected chi connectivity index (χ4v) is 1.94. The number of rotatable bonds is 5. The van der Waals surface area contributed by atoms with Crippen LogP contribution < -0.4 is 0 Å². The van der Waals surface area contributed by atoms with E-state index in [1.54, 1.807) is 0 Å². The molecule has 0 aliphatic carbocycles. The highest BCUT2D eigenvalue weighted by Crippen LogP contribution is 2.20. The van der Waals surface area contributed by atoms with Gasteiger partial charge in [0.2, 0.25) is 0 Å². The molecule has 1 aromatic rings.